The fourth-order valence-corrected chi connectivity index (χ4v) is 2.89. The average molecular weight is 298 g/mol. The molecule has 0 unspecified atom stereocenters. The molecule has 2 N–H and O–H groups in total. The molecule has 1 rings (SSSR count). The lowest BCUT2D eigenvalue weighted by Crippen LogP contribution is -2.33. The second-order valence-corrected chi connectivity index (χ2v) is 6.85. The average Bonchev–Trinajstić information content (AvgIpc) is 2.33. The number of nitrogens with zero attached hydrogens (tertiary/aromatic N) is 1. The van der Waals surface area contributed by atoms with Gasteiger partial charge in [-0.15, -0.1) is 0 Å². The van der Waals surface area contributed by atoms with E-state index in [1.165, 1.54) is 7.11 Å². The van der Waals surface area contributed by atoms with Gasteiger partial charge in [-0.25, -0.2) is 13.6 Å². The number of methoxy groups -OCH3 is 1. The first-order chi connectivity index (χ1) is 9.17. The number of nitriles is 1. The Morgan fingerprint density at radius 1 is 1.35 bits per heavy atom. The van der Waals surface area contributed by atoms with Crippen LogP contribution in [0.2, 0.25) is 0 Å². The highest BCUT2D eigenvalue weighted by Crippen LogP contribution is 2.29. The topological polar surface area (TPSA) is 102 Å². The maximum Gasteiger partial charge on any atom is 0.209 e. The Balaban J connectivity index is 2.82. The third kappa shape index (κ3) is 5.07. The van der Waals surface area contributed by atoms with Crippen molar-refractivity contribution < 1.29 is 17.9 Å². The van der Waals surface area contributed by atoms with Crippen LogP contribution in [0.25, 0.3) is 0 Å². The van der Waals surface area contributed by atoms with Crippen LogP contribution in [0.15, 0.2) is 18.2 Å². The molecule has 1 aromatic carbocycles. The van der Waals surface area contributed by atoms with Crippen LogP contribution in [0.1, 0.15) is 19.4 Å². The molecule has 110 valence electrons. The number of hydrogen-bond acceptors (Lipinski definition) is 5. The lowest BCUT2D eigenvalue weighted by molar-refractivity contribution is 0.193. The van der Waals surface area contributed by atoms with Crippen LogP contribution in [0.5, 0.6) is 11.5 Å². The number of primary sulfonamides is 1. The maximum atomic E-state index is 11.1. The minimum Gasteiger partial charge on any atom is -0.493 e. The number of hydrogen-bond donors (Lipinski definition) is 1. The molecule has 0 spiro atoms. The van der Waals surface area contributed by atoms with E-state index < -0.39 is 15.4 Å². The van der Waals surface area contributed by atoms with Crippen LogP contribution in [-0.2, 0) is 10.0 Å². The van der Waals surface area contributed by atoms with Gasteiger partial charge in [0.1, 0.15) is 0 Å². The molecule has 0 fully saturated rings. The summed E-state index contributed by atoms with van der Waals surface area (Å²) in [6, 6.07) is 6.78. The van der Waals surface area contributed by atoms with Gasteiger partial charge >= 0.3 is 0 Å². The first-order valence-electron chi connectivity index (χ1n) is 5.88. The van der Waals surface area contributed by atoms with Gasteiger partial charge in [0.2, 0.25) is 10.0 Å². The summed E-state index contributed by atoms with van der Waals surface area (Å²) in [7, 11) is -2.10. The van der Waals surface area contributed by atoms with E-state index in [2.05, 4.69) is 0 Å². The molecule has 1 aromatic rings. The van der Waals surface area contributed by atoms with Crippen molar-refractivity contribution in [3.63, 3.8) is 0 Å². The highest BCUT2D eigenvalue weighted by Gasteiger charge is 2.25. The normalized spacial score (nSPS) is 11.8. The van der Waals surface area contributed by atoms with E-state index in [1.807, 2.05) is 6.07 Å². The predicted octanol–water partition coefficient (Wildman–Crippen LogP) is 1.26. The van der Waals surface area contributed by atoms with Crippen molar-refractivity contribution in [2.75, 3.05) is 19.5 Å². The zero-order chi connectivity index (χ0) is 15.4. The summed E-state index contributed by atoms with van der Waals surface area (Å²) in [5.74, 6) is 0.697. The van der Waals surface area contributed by atoms with Crippen molar-refractivity contribution in [1.29, 1.82) is 5.26 Å². The van der Waals surface area contributed by atoms with Crippen molar-refractivity contribution in [3.05, 3.63) is 23.8 Å². The van der Waals surface area contributed by atoms with Crippen molar-refractivity contribution in [2.45, 2.75) is 13.8 Å². The molecule has 0 saturated carbocycles. The van der Waals surface area contributed by atoms with E-state index in [0.717, 1.165) is 0 Å². The van der Waals surface area contributed by atoms with Gasteiger partial charge in [-0.3, -0.25) is 0 Å². The van der Waals surface area contributed by atoms with E-state index in [0.29, 0.717) is 17.1 Å². The number of ether oxygens (including phenoxy) is 2. The SMILES string of the molecule is COc1cc(C#N)ccc1OCC(C)(C)CS(N)(=O)=O. The Bertz CT molecular complexity index is 618. The predicted molar refractivity (Wildman–Crippen MR) is 75.0 cm³/mol. The molecule has 0 aliphatic heterocycles. The summed E-state index contributed by atoms with van der Waals surface area (Å²) in [6.45, 7) is 3.65. The molecule has 0 aliphatic rings. The highest BCUT2D eigenvalue weighted by molar-refractivity contribution is 7.89. The molecule has 0 aromatic heterocycles. The van der Waals surface area contributed by atoms with Crippen LogP contribution in [-0.4, -0.2) is 27.9 Å². The van der Waals surface area contributed by atoms with Gasteiger partial charge in [0.25, 0.3) is 0 Å². The fourth-order valence-electron chi connectivity index (χ4n) is 1.72. The third-order valence-electron chi connectivity index (χ3n) is 2.50. The largest absolute Gasteiger partial charge is 0.493 e. The van der Waals surface area contributed by atoms with Crippen molar-refractivity contribution in [1.82, 2.24) is 0 Å². The molecule has 0 bridgehead atoms. The van der Waals surface area contributed by atoms with Crippen LogP contribution >= 0.6 is 0 Å². The van der Waals surface area contributed by atoms with Gasteiger partial charge in [-0.1, -0.05) is 13.8 Å². The molecule has 0 atom stereocenters. The van der Waals surface area contributed by atoms with Crippen LogP contribution in [0.3, 0.4) is 0 Å². The summed E-state index contributed by atoms with van der Waals surface area (Å²) in [5.41, 5.74) is -0.176. The quantitative estimate of drug-likeness (QED) is 0.851. The molecule has 0 heterocycles. The molecule has 0 saturated heterocycles. The van der Waals surface area contributed by atoms with Crippen LogP contribution in [0, 0.1) is 16.7 Å². The zero-order valence-electron chi connectivity index (χ0n) is 11.7. The van der Waals surface area contributed by atoms with Gasteiger partial charge in [-0.2, -0.15) is 5.26 Å². The lowest BCUT2D eigenvalue weighted by atomic mass is 9.98. The van der Waals surface area contributed by atoms with E-state index in [1.54, 1.807) is 32.0 Å². The second-order valence-electron chi connectivity index (χ2n) is 5.24. The third-order valence-corrected chi connectivity index (χ3v) is 3.69. The van der Waals surface area contributed by atoms with Crippen molar-refractivity contribution in [3.8, 4) is 17.6 Å². The standard InChI is InChI=1S/C13H18N2O4S/c1-13(2,9-20(15,16)17)8-19-11-5-4-10(7-14)6-12(11)18-3/h4-6H,8-9H2,1-3H3,(H2,15,16,17). The van der Waals surface area contributed by atoms with Gasteiger partial charge < -0.3 is 9.47 Å². The minimum atomic E-state index is -3.57. The summed E-state index contributed by atoms with van der Waals surface area (Å²) in [6.07, 6.45) is 0. The Morgan fingerprint density at radius 2 is 2.00 bits per heavy atom. The molecular weight excluding hydrogens is 280 g/mol. The smallest absolute Gasteiger partial charge is 0.209 e. The van der Waals surface area contributed by atoms with E-state index >= 15 is 0 Å². The molecule has 0 amide bonds. The monoisotopic (exact) mass is 298 g/mol. The van der Waals surface area contributed by atoms with Crippen molar-refractivity contribution >= 4 is 10.0 Å². The lowest BCUT2D eigenvalue weighted by Gasteiger charge is -2.24. The Morgan fingerprint density at radius 3 is 2.50 bits per heavy atom. The number of benzene rings is 1. The van der Waals surface area contributed by atoms with E-state index in [9.17, 15) is 8.42 Å². The molecule has 0 radical (unpaired) electrons. The van der Waals surface area contributed by atoms with Gasteiger partial charge in [0.05, 0.1) is 31.1 Å². The first kappa shape index (κ1) is 16.3. The van der Waals surface area contributed by atoms with Crippen LogP contribution in [0.4, 0.5) is 0 Å². The van der Waals surface area contributed by atoms with E-state index in [-0.39, 0.29) is 12.4 Å². The Labute approximate surface area is 119 Å². The fraction of sp³-hybridized carbons (Fsp3) is 0.462. The van der Waals surface area contributed by atoms with Crippen molar-refractivity contribution in [2.24, 2.45) is 10.6 Å². The minimum absolute atomic E-state index is 0.158. The summed E-state index contributed by atoms with van der Waals surface area (Å²) < 4.78 is 33.0. The maximum absolute atomic E-state index is 11.1. The summed E-state index contributed by atoms with van der Waals surface area (Å²) in [5, 5.41) is 13.8. The van der Waals surface area contributed by atoms with E-state index in [4.69, 9.17) is 19.9 Å². The number of sulfonamides is 1. The summed E-state index contributed by atoms with van der Waals surface area (Å²) >= 11 is 0. The molecule has 20 heavy (non-hydrogen) atoms. The van der Waals surface area contributed by atoms with Gasteiger partial charge in [0.15, 0.2) is 11.5 Å². The molecule has 0 aliphatic carbocycles. The molecule has 6 nitrogen and oxygen atoms in total. The number of nitrogens with two attached hydrogens (primary N) is 1. The summed E-state index contributed by atoms with van der Waals surface area (Å²) in [4.78, 5) is 0. The van der Waals surface area contributed by atoms with Gasteiger partial charge in [-0.05, 0) is 12.1 Å². The first-order valence-corrected chi connectivity index (χ1v) is 7.60. The molecule has 7 heteroatoms. The van der Waals surface area contributed by atoms with Gasteiger partial charge in [0, 0.05) is 11.5 Å². The Kier molecular flexibility index (Phi) is 4.98. The Hall–Kier alpha value is -1.78. The van der Waals surface area contributed by atoms with Crippen LogP contribution < -0.4 is 14.6 Å². The second kappa shape index (κ2) is 6.11. The molecular formula is C13H18N2O4S. The highest BCUT2D eigenvalue weighted by atomic mass is 32.2. The zero-order valence-corrected chi connectivity index (χ0v) is 12.5. The number of rotatable bonds is 6.